The summed E-state index contributed by atoms with van der Waals surface area (Å²) >= 11 is 0. The Balaban J connectivity index is 2.15. The molecule has 2 nitrogen and oxygen atoms in total. The van der Waals surface area contributed by atoms with Gasteiger partial charge in [-0.15, -0.1) is 0 Å². The van der Waals surface area contributed by atoms with Gasteiger partial charge >= 0.3 is 0 Å². The van der Waals surface area contributed by atoms with Crippen molar-refractivity contribution in [2.45, 2.75) is 26.4 Å². The van der Waals surface area contributed by atoms with Crippen molar-refractivity contribution in [3.8, 4) is 22.9 Å². The molecule has 0 aliphatic heterocycles. The molecule has 96 valence electrons. The second kappa shape index (κ2) is 6.06. The first-order chi connectivity index (χ1) is 9.19. The maximum atomic E-state index is 8.64. The van der Waals surface area contributed by atoms with E-state index in [1.54, 1.807) is 0 Å². The highest BCUT2D eigenvalue weighted by Crippen LogP contribution is 2.23. The zero-order valence-electron chi connectivity index (χ0n) is 11.3. The van der Waals surface area contributed by atoms with Crippen molar-refractivity contribution in [3.63, 3.8) is 0 Å². The number of hydrogen-bond acceptors (Lipinski definition) is 2. The highest BCUT2D eigenvalue weighted by Gasteiger charge is 2.00. The first-order valence-corrected chi connectivity index (χ1v) is 6.42. The van der Waals surface area contributed by atoms with E-state index in [0.717, 1.165) is 22.4 Å². The van der Waals surface area contributed by atoms with Crippen molar-refractivity contribution < 1.29 is 4.74 Å². The third-order valence-electron chi connectivity index (χ3n) is 2.80. The second-order valence-electron chi connectivity index (χ2n) is 4.72. The number of nitriles is 1. The molecule has 0 radical (unpaired) electrons. The van der Waals surface area contributed by atoms with Crippen LogP contribution >= 0.6 is 0 Å². The number of rotatable bonds is 4. The summed E-state index contributed by atoms with van der Waals surface area (Å²) in [6.45, 7) is 4.03. The van der Waals surface area contributed by atoms with E-state index in [1.165, 1.54) is 0 Å². The minimum atomic E-state index is 0.191. The van der Waals surface area contributed by atoms with Crippen LogP contribution in [0.3, 0.4) is 0 Å². The van der Waals surface area contributed by atoms with Gasteiger partial charge in [-0.2, -0.15) is 5.26 Å². The summed E-state index contributed by atoms with van der Waals surface area (Å²) in [6, 6.07) is 18.3. The van der Waals surface area contributed by atoms with Crippen LogP contribution in [-0.2, 0) is 6.42 Å². The van der Waals surface area contributed by atoms with Gasteiger partial charge in [-0.25, -0.2) is 0 Å². The van der Waals surface area contributed by atoms with Crippen LogP contribution in [0.5, 0.6) is 5.75 Å². The van der Waals surface area contributed by atoms with Crippen molar-refractivity contribution in [1.29, 1.82) is 5.26 Å². The van der Waals surface area contributed by atoms with Gasteiger partial charge in [0.1, 0.15) is 5.75 Å². The summed E-state index contributed by atoms with van der Waals surface area (Å²) in [6.07, 6.45) is 0.651. The number of hydrogen-bond donors (Lipinski definition) is 0. The van der Waals surface area contributed by atoms with Crippen molar-refractivity contribution in [2.75, 3.05) is 0 Å². The molecule has 0 bridgehead atoms. The largest absolute Gasteiger partial charge is 0.491 e. The Morgan fingerprint density at radius 1 is 0.947 bits per heavy atom. The number of benzene rings is 2. The Kier molecular flexibility index (Phi) is 4.20. The van der Waals surface area contributed by atoms with E-state index in [2.05, 4.69) is 18.2 Å². The topological polar surface area (TPSA) is 33.0 Å². The van der Waals surface area contributed by atoms with E-state index in [4.69, 9.17) is 10.00 Å². The van der Waals surface area contributed by atoms with E-state index < -0.39 is 0 Å². The van der Waals surface area contributed by atoms with Gasteiger partial charge in [0.25, 0.3) is 0 Å². The summed E-state index contributed by atoms with van der Waals surface area (Å²) in [4.78, 5) is 0. The number of ether oxygens (including phenoxy) is 1. The first kappa shape index (κ1) is 13.2. The van der Waals surface area contributed by atoms with Crippen LogP contribution in [0.4, 0.5) is 0 Å². The van der Waals surface area contributed by atoms with Crippen LogP contribution in [0, 0.1) is 11.3 Å². The molecule has 0 aromatic heterocycles. The van der Waals surface area contributed by atoms with E-state index >= 15 is 0 Å². The molecule has 0 atom stereocenters. The van der Waals surface area contributed by atoms with Crippen molar-refractivity contribution in [2.24, 2.45) is 0 Å². The Bertz CT molecular complexity index is 562. The van der Waals surface area contributed by atoms with Crippen LogP contribution in [-0.4, -0.2) is 6.10 Å². The molecule has 0 aliphatic carbocycles. The lowest BCUT2D eigenvalue weighted by Crippen LogP contribution is -2.05. The lowest BCUT2D eigenvalue weighted by Gasteiger charge is -2.10. The van der Waals surface area contributed by atoms with Crippen LogP contribution < -0.4 is 4.74 Å². The van der Waals surface area contributed by atoms with Gasteiger partial charge in [0.2, 0.25) is 0 Å². The monoisotopic (exact) mass is 251 g/mol. The molecule has 2 heteroatoms. The molecule has 0 unspecified atom stereocenters. The van der Waals surface area contributed by atoms with Gasteiger partial charge in [0.05, 0.1) is 18.6 Å². The molecule has 2 aromatic rings. The summed E-state index contributed by atoms with van der Waals surface area (Å²) in [7, 11) is 0. The molecule has 0 N–H and O–H groups in total. The second-order valence-corrected chi connectivity index (χ2v) is 4.72. The Hall–Kier alpha value is -2.27. The zero-order valence-corrected chi connectivity index (χ0v) is 11.3. The molecule has 0 heterocycles. The summed E-state index contributed by atoms with van der Waals surface area (Å²) < 4.78 is 5.62. The third-order valence-corrected chi connectivity index (χ3v) is 2.80. The highest BCUT2D eigenvalue weighted by molar-refractivity contribution is 5.64. The van der Waals surface area contributed by atoms with E-state index in [1.807, 2.05) is 50.2 Å². The maximum absolute atomic E-state index is 8.64. The van der Waals surface area contributed by atoms with Crippen molar-refractivity contribution >= 4 is 0 Å². The quantitative estimate of drug-likeness (QED) is 0.815. The summed E-state index contributed by atoms with van der Waals surface area (Å²) in [5.41, 5.74) is 3.35. The normalized spacial score (nSPS) is 10.2. The smallest absolute Gasteiger partial charge is 0.119 e. The summed E-state index contributed by atoms with van der Waals surface area (Å²) in [5.74, 6) is 0.889. The van der Waals surface area contributed by atoms with E-state index in [0.29, 0.717) is 6.42 Å². The average molecular weight is 251 g/mol. The Morgan fingerprint density at radius 2 is 1.47 bits per heavy atom. The van der Waals surface area contributed by atoms with Crippen LogP contribution in [0.15, 0.2) is 48.5 Å². The molecule has 19 heavy (non-hydrogen) atoms. The Morgan fingerprint density at radius 3 is 1.95 bits per heavy atom. The molecular weight excluding hydrogens is 234 g/mol. The molecule has 2 rings (SSSR count). The first-order valence-electron chi connectivity index (χ1n) is 6.42. The molecule has 0 saturated heterocycles. The predicted octanol–water partition coefficient (Wildman–Crippen LogP) is 4.21. The highest BCUT2D eigenvalue weighted by atomic mass is 16.5. The van der Waals surface area contributed by atoms with Gasteiger partial charge in [0, 0.05) is 0 Å². The lowest BCUT2D eigenvalue weighted by atomic mass is 10.0. The minimum Gasteiger partial charge on any atom is -0.491 e. The molecule has 0 amide bonds. The molecule has 2 aromatic carbocycles. The summed E-state index contributed by atoms with van der Waals surface area (Å²) in [5, 5.41) is 8.64. The third kappa shape index (κ3) is 3.59. The molecular formula is C17H17NO. The van der Waals surface area contributed by atoms with Gasteiger partial charge in [-0.1, -0.05) is 36.4 Å². The lowest BCUT2D eigenvalue weighted by molar-refractivity contribution is 0.242. The zero-order chi connectivity index (χ0) is 13.7. The minimum absolute atomic E-state index is 0.191. The van der Waals surface area contributed by atoms with Gasteiger partial charge in [-0.3, -0.25) is 0 Å². The van der Waals surface area contributed by atoms with Gasteiger partial charge in [-0.05, 0) is 42.7 Å². The molecule has 0 spiro atoms. The van der Waals surface area contributed by atoms with Crippen LogP contribution in [0.2, 0.25) is 0 Å². The maximum Gasteiger partial charge on any atom is 0.119 e. The SMILES string of the molecule is CC(C)Oc1ccc(-c2ccc(CC#N)cc2)cc1. The molecule has 0 saturated carbocycles. The predicted molar refractivity (Wildman–Crippen MR) is 77.0 cm³/mol. The Labute approximate surface area is 114 Å². The van der Waals surface area contributed by atoms with E-state index in [9.17, 15) is 0 Å². The molecule has 0 aliphatic rings. The van der Waals surface area contributed by atoms with Crippen molar-refractivity contribution in [1.82, 2.24) is 0 Å². The van der Waals surface area contributed by atoms with Gasteiger partial charge in [0.15, 0.2) is 0 Å². The van der Waals surface area contributed by atoms with Crippen LogP contribution in [0.25, 0.3) is 11.1 Å². The van der Waals surface area contributed by atoms with Gasteiger partial charge < -0.3 is 4.74 Å². The average Bonchev–Trinajstić information content (AvgIpc) is 2.40. The van der Waals surface area contributed by atoms with E-state index in [-0.39, 0.29) is 6.10 Å². The van der Waals surface area contributed by atoms with Crippen LogP contribution in [0.1, 0.15) is 19.4 Å². The van der Waals surface area contributed by atoms with Crippen molar-refractivity contribution in [3.05, 3.63) is 54.1 Å². The fourth-order valence-electron chi connectivity index (χ4n) is 1.90. The number of nitrogens with zero attached hydrogens (tertiary/aromatic N) is 1. The fourth-order valence-corrected chi connectivity index (χ4v) is 1.90. The molecule has 0 fully saturated rings. The standard InChI is InChI=1S/C17H17NO/c1-13(2)19-17-9-7-16(8-10-17)15-5-3-14(4-6-15)11-12-18/h3-10,13H,11H2,1-2H3. The fraction of sp³-hybridized carbons (Fsp3) is 0.235.